The topological polar surface area (TPSA) is 74.3 Å². The number of amides is 2. The highest BCUT2D eigenvalue weighted by atomic mass is 19.4. The molecule has 1 unspecified atom stereocenters. The summed E-state index contributed by atoms with van der Waals surface area (Å²) in [5.41, 5.74) is -0.296. The number of carbonyl (C=O) groups is 2. The van der Waals surface area contributed by atoms with Gasteiger partial charge in [0, 0.05) is 19.3 Å². The molecule has 22 heavy (non-hydrogen) atoms. The molecule has 0 spiro atoms. The average molecular weight is 316 g/mol. The highest BCUT2D eigenvalue weighted by Crippen LogP contribution is 2.31. The molecule has 1 aliphatic heterocycles. The van der Waals surface area contributed by atoms with E-state index in [1.54, 1.807) is 0 Å². The molecule has 1 saturated heterocycles. The van der Waals surface area contributed by atoms with Crippen molar-refractivity contribution in [1.29, 1.82) is 0 Å². The number of nitrogens with one attached hydrogen (secondary N) is 2. The Morgan fingerprint density at radius 3 is 2.82 bits per heavy atom. The lowest BCUT2D eigenvalue weighted by molar-refractivity contribution is -0.164. The standard InChI is InChI=1S/C13H15F3N4O2/c14-13(15,16)12(9-3-1-2-4-18-9)19-10(21)8-20-6-5-17-7-11(20)22/h1-4,12,17H,5-8H2,(H,19,21). The minimum Gasteiger partial charge on any atom is -0.338 e. The Balaban J connectivity index is 2.04. The molecule has 9 heteroatoms. The summed E-state index contributed by atoms with van der Waals surface area (Å²) in [5, 5.41) is 4.72. The summed E-state index contributed by atoms with van der Waals surface area (Å²) in [4.78, 5) is 28.2. The number of nitrogens with zero attached hydrogens (tertiary/aromatic N) is 2. The van der Waals surface area contributed by atoms with Crippen molar-refractivity contribution in [3.05, 3.63) is 30.1 Å². The SMILES string of the molecule is O=C(CN1CCNCC1=O)NC(c1ccccn1)C(F)(F)F. The van der Waals surface area contributed by atoms with E-state index in [1.165, 1.54) is 29.3 Å². The van der Waals surface area contributed by atoms with Crippen LogP contribution in [-0.4, -0.2) is 54.1 Å². The lowest BCUT2D eigenvalue weighted by Crippen LogP contribution is -2.52. The second kappa shape index (κ2) is 6.73. The smallest absolute Gasteiger partial charge is 0.338 e. The molecule has 0 aromatic carbocycles. The number of hydrogen-bond donors (Lipinski definition) is 2. The number of halogens is 3. The van der Waals surface area contributed by atoms with Crippen LogP contribution in [0.25, 0.3) is 0 Å². The third-order valence-corrected chi connectivity index (χ3v) is 3.14. The molecule has 0 bridgehead atoms. The minimum absolute atomic E-state index is 0.0796. The Bertz CT molecular complexity index is 536. The van der Waals surface area contributed by atoms with E-state index in [9.17, 15) is 22.8 Å². The lowest BCUT2D eigenvalue weighted by atomic mass is 10.1. The van der Waals surface area contributed by atoms with Crippen LogP contribution in [0.3, 0.4) is 0 Å². The summed E-state index contributed by atoms with van der Waals surface area (Å²) in [6, 6.07) is 1.89. The summed E-state index contributed by atoms with van der Waals surface area (Å²) in [6.07, 6.45) is -3.45. The predicted molar refractivity (Wildman–Crippen MR) is 70.6 cm³/mol. The van der Waals surface area contributed by atoms with Gasteiger partial charge in [-0.15, -0.1) is 0 Å². The van der Waals surface area contributed by atoms with E-state index < -0.39 is 24.7 Å². The number of pyridine rings is 1. The second-order valence-electron chi connectivity index (χ2n) is 4.79. The molecule has 120 valence electrons. The zero-order valence-corrected chi connectivity index (χ0v) is 11.6. The van der Waals surface area contributed by atoms with Crippen molar-refractivity contribution in [3.8, 4) is 0 Å². The van der Waals surface area contributed by atoms with Gasteiger partial charge >= 0.3 is 6.18 Å². The van der Waals surface area contributed by atoms with Gasteiger partial charge in [-0.25, -0.2) is 0 Å². The van der Waals surface area contributed by atoms with Gasteiger partial charge in [-0.05, 0) is 12.1 Å². The second-order valence-corrected chi connectivity index (χ2v) is 4.79. The Hall–Kier alpha value is -2.16. The van der Waals surface area contributed by atoms with Crippen LogP contribution >= 0.6 is 0 Å². The Morgan fingerprint density at radius 1 is 1.45 bits per heavy atom. The van der Waals surface area contributed by atoms with Crippen LogP contribution in [0.15, 0.2) is 24.4 Å². The molecule has 2 rings (SSSR count). The van der Waals surface area contributed by atoms with Crippen molar-refractivity contribution in [2.45, 2.75) is 12.2 Å². The normalized spacial score (nSPS) is 17.2. The van der Waals surface area contributed by atoms with Gasteiger partial charge in [0.25, 0.3) is 0 Å². The largest absolute Gasteiger partial charge is 0.414 e. The number of piperazine rings is 1. The van der Waals surface area contributed by atoms with Crippen LogP contribution in [0.1, 0.15) is 11.7 Å². The van der Waals surface area contributed by atoms with E-state index in [4.69, 9.17) is 0 Å². The maximum Gasteiger partial charge on any atom is 0.414 e. The molecule has 0 aliphatic carbocycles. The molecule has 2 N–H and O–H groups in total. The molecule has 1 aromatic rings. The summed E-state index contributed by atoms with van der Waals surface area (Å²) >= 11 is 0. The maximum absolute atomic E-state index is 13.1. The van der Waals surface area contributed by atoms with E-state index in [0.29, 0.717) is 6.54 Å². The molecule has 2 heterocycles. The Kier molecular flexibility index (Phi) is 4.96. The molecule has 1 fully saturated rings. The fraction of sp³-hybridized carbons (Fsp3) is 0.462. The van der Waals surface area contributed by atoms with Crippen LogP contribution in [-0.2, 0) is 9.59 Å². The molecule has 1 aliphatic rings. The molecule has 2 amide bonds. The monoisotopic (exact) mass is 316 g/mol. The molecule has 6 nitrogen and oxygen atoms in total. The van der Waals surface area contributed by atoms with Gasteiger partial charge in [0.2, 0.25) is 11.8 Å². The summed E-state index contributed by atoms with van der Waals surface area (Å²) < 4.78 is 39.2. The van der Waals surface area contributed by atoms with Crippen LogP contribution in [0.5, 0.6) is 0 Å². The third-order valence-electron chi connectivity index (χ3n) is 3.14. The first-order valence-corrected chi connectivity index (χ1v) is 6.63. The maximum atomic E-state index is 13.1. The number of alkyl halides is 3. The van der Waals surface area contributed by atoms with Crippen LogP contribution < -0.4 is 10.6 Å². The van der Waals surface area contributed by atoms with Crippen molar-refractivity contribution >= 4 is 11.8 Å². The van der Waals surface area contributed by atoms with Gasteiger partial charge in [-0.3, -0.25) is 14.6 Å². The van der Waals surface area contributed by atoms with E-state index in [-0.39, 0.29) is 24.7 Å². The molecule has 1 atom stereocenters. The predicted octanol–water partition coefficient (Wildman–Crippen LogP) is 0.233. The highest BCUT2D eigenvalue weighted by molar-refractivity contribution is 5.86. The number of carbonyl (C=O) groups excluding carboxylic acids is 2. The van der Waals surface area contributed by atoms with Crippen molar-refractivity contribution in [2.24, 2.45) is 0 Å². The Morgan fingerprint density at radius 2 is 2.23 bits per heavy atom. The fourth-order valence-corrected chi connectivity index (χ4v) is 2.06. The first-order valence-electron chi connectivity index (χ1n) is 6.63. The minimum atomic E-state index is -4.67. The van der Waals surface area contributed by atoms with E-state index >= 15 is 0 Å². The van der Waals surface area contributed by atoms with Gasteiger partial charge in [0.1, 0.15) is 0 Å². The molecule has 1 aromatic heterocycles. The zero-order valence-electron chi connectivity index (χ0n) is 11.6. The summed E-state index contributed by atoms with van der Waals surface area (Å²) in [6.45, 7) is 0.463. The van der Waals surface area contributed by atoms with Crippen LogP contribution in [0, 0.1) is 0 Å². The third kappa shape index (κ3) is 4.17. The van der Waals surface area contributed by atoms with E-state index in [1.807, 2.05) is 5.32 Å². The van der Waals surface area contributed by atoms with Gasteiger partial charge in [-0.1, -0.05) is 6.07 Å². The van der Waals surface area contributed by atoms with Gasteiger partial charge in [0.05, 0.1) is 18.8 Å². The van der Waals surface area contributed by atoms with Crippen LogP contribution in [0.2, 0.25) is 0 Å². The first-order chi connectivity index (χ1) is 10.4. The quantitative estimate of drug-likeness (QED) is 0.834. The summed E-state index contributed by atoms with van der Waals surface area (Å²) in [7, 11) is 0. The molecule has 0 radical (unpaired) electrons. The number of aromatic nitrogens is 1. The fourth-order valence-electron chi connectivity index (χ4n) is 2.06. The van der Waals surface area contributed by atoms with Gasteiger partial charge in [0.15, 0.2) is 6.04 Å². The molecular weight excluding hydrogens is 301 g/mol. The molecular formula is C13H15F3N4O2. The van der Waals surface area contributed by atoms with E-state index in [2.05, 4.69) is 10.3 Å². The first kappa shape index (κ1) is 16.2. The number of rotatable bonds is 4. The van der Waals surface area contributed by atoms with E-state index in [0.717, 1.165) is 0 Å². The number of hydrogen-bond acceptors (Lipinski definition) is 4. The van der Waals surface area contributed by atoms with Crippen molar-refractivity contribution < 1.29 is 22.8 Å². The summed E-state index contributed by atoms with van der Waals surface area (Å²) in [5.74, 6) is -1.19. The zero-order chi connectivity index (χ0) is 16.2. The van der Waals surface area contributed by atoms with Crippen LogP contribution in [0.4, 0.5) is 13.2 Å². The van der Waals surface area contributed by atoms with Gasteiger partial charge < -0.3 is 15.5 Å². The van der Waals surface area contributed by atoms with Gasteiger partial charge in [-0.2, -0.15) is 13.2 Å². The van der Waals surface area contributed by atoms with Crippen molar-refractivity contribution in [1.82, 2.24) is 20.5 Å². The Labute approximate surface area is 124 Å². The lowest BCUT2D eigenvalue weighted by Gasteiger charge is -2.28. The van der Waals surface area contributed by atoms with Crippen molar-refractivity contribution in [2.75, 3.05) is 26.2 Å². The molecule has 0 saturated carbocycles. The average Bonchev–Trinajstić information content (AvgIpc) is 2.47. The highest BCUT2D eigenvalue weighted by Gasteiger charge is 2.43. The van der Waals surface area contributed by atoms with Crippen molar-refractivity contribution in [3.63, 3.8) is 0 Å².